The maximum absolute atomic E-state index is 2.85. The Morgan fingerprint density at radius 1 is 1.20 bits per heavy atom. The lowest BCUT2D eigenvalue weighted by Gasteiger charge is -2.03. The van der Waals surface area contributed by atoms with E-state index in [4.69, 9.17) is 0 Å². The molecule has 0 atom stereocenters. The largest absolute Gasteiger partial charge is 0.109 e. The molecule has 5 heavy (non-hydrogen) atoms. The quantitative estimate of drug-likeness (QED) is 0.398. The normalized spacial score (nSPS) is 11.8. The van der Waals surface area contributed by atoms with Gasteiger partial charge in [-0.1, -0.05) is 19.6 Å². The highest BCUT2D eigenvalue weighted by atomic mass is 28.8. The Morgan fingerprint density at radius 3 is 1.20 bits per heavy atom. The van der Waals surface area contributed by atoms with Gasteiger partial charge in [0, 0.05) is 0 Å². The van der Waals surface area contributed by atoms with Crippen LogP contribution in [0.3, 0.4) is 0 Å². The summed E-state index contributed by atoms with van der Waals surface area (Å²) in [6.07, 6.45) is 0. The van der Waals surface area contributed by atoms with Crippen molar-refractivity contribution in [3.63, 3.8) is 0 Å². The molecule has 0 aromatic carbocycles. The van der Waals surface area contributed by atoms with Gasteiger partial charge in [0.15, 0.2) is 0 Å². The highest BCUT2D eigenvalue weighted by Crippen LogP contribution is 1.87. The molecule has 28 valence electrons. The maximum atomic E-state index is 2.85. The van der Waals surface area contributed by atoms with E-state index in [0.717, 1.165) is 0 Å². The van der Waals surface area contributed by atoms with E-state index in [-0.39, 0.29) is 0 Å². The summed E-state index contributed by atoms with van der Waals surface area (Å²) in [5.41, 5.74) is 0. The highest BCUT2D eigenvalue weighted by molar-refractivity contribution is 7.15. The lowest BCUT2D eigenvalue weighted by atomic mass is 11.8. The molecule has 0 aliphatic carbocycles. The van der Waals surface area contributed by atoms with E-state index in [1.807, 2.05) is 0 Å². The molecule has 0 spiro atoms. The van der Waals surface area contributed by atoms with E-state index in [0.29, 0.717) is 0 Å². The van der Waals surface area contributed by atoms with Crippen LogP contribution in [-0.4, -0.2) is 22.3 Å². The first kappa shape index (κ1) is 5.75. The van der Waals surface area contributed by atoms with E-state index in [1.54, 1.807) is 0 Å². The molecule has 2 heteroatoms. The van der Waals surface area contributed by atoms with Crippen molar-refractivity contribution in [2.45, 2.75) is 19.6 Å². The summed E-state index contributed by atoms with van der Waals surface area (Å²) in [4.78, 5) is 0. The van der Waals surface area contributed by atoms with E-state index >= 15 is 0 Å². The molecule has 2 radical (unpaired) electrons. The van der Waals surface area contributed by atoms with Crippen molar-refractivity contribution in [1.82, 2.24) is 0 Å². The third kappa shape index (κ3) is 63.9. The zero-order chi connectivity index (χ0) is 4.50. The Hall–Kier alpha value is 0.749. The summed E-state index contributed by atoms with van der Waals surface area (Å²) in [5, 5.41) is 0. The minimum atomic E-state index is -0.694. The van der Waals surface area contributed by atoms with Crippen LogP contribution in [0.4, 0.5) is 0 Å². The summed E-state index contributed by atoms with van der Waals surface area (Å²) in [7, 11) is 0. The molecule has 0 N–H and O–H groups in total. The van der Waals surface area contributed by atoms with Crippen molar-refractivity contribution in [2.24, 2.45) is 0 Å². The van der Waals surface area contributed by atoms with Gasteiger partial charge in [-0.25, -0.2) is 0 Å². The second kappa shape index (κ2) is 1.47. The van der Waals surface area contributed by atoms with Crippen molar-refractivity contribution >= 4 is 22.3 Å². The van der Waals surface area contributed by atoms with Gasteiger partial charge in [0.05, 0.1) is 0 Å². The molecule has 0 aliphatic rings. The Balaban J connectivity index is 3.02. The van der Waals surface area contributed by atoms with Gasteiger partial charge < -0.3 is 0 Å². The molecule has 0 aliphatic heterocycles. The molecule has 0 aromatic rings. The van der Waals surface area contributed by atoms with E-state index in [1.165, 1.54) is 0 Å². The van der Waals surface area contributed by atoms with E-state index in [2.05, 4.69) is 35.3 Å². The average molecular weight is 100 g/mol. The monoisotopic (exact) mass is 100 g/mol. The average Bonchev–Trinajstić information content (AvgIpc) is 0.722. The smallest absolute Gasteiger partial charge is 0.0810 e. The molecule has 0 unspecified atom stereocenters. The molecule has 0 rings (SSSR count). The standard InChI is InChI=1S/C3H9Si.Al/c1-4(2)3;/h1-3H3;. The molecule has 0 fully saturated rings. The van der Waals surface area contributed by atoms with Crippen LogP contribution in [0.25, 0.3) is 0 Å². The lowest BCUT2D eigenvalue weighted by Crippen LogP contribution is -2.18. The van der Waals surface area contributed by atoms with Gasteiger partial charge in [-0.05, 0) is 6.63 Å². The SMILES string of the molecule is C[Si](C)(C)[Al]. The van der Waals surface area contributed by atoms with E-state index < -0.39 is 6.63 Å². The Labute approximate surface area is 42.4 Å². The van der Waals surface area contributed by atoms with Crippen LogP contribution in [-0.2, 0) is 0 Å². The molecule has 0 amide bonds. The van der Waals surface area contributed by atoms with Gasteiger partial charge in [-0.3, -0.25) is 0 Å². The Bertz CT molecular complexity index is 22.4. The minimum Gasteiger partial charge on any atom is -0.0810 e. The lowest BCUT2D eigenvalue weighted by molar-refractivity contribution is 1.87. The zero-order valence-corrected chi connectivity index (χ0v) is 6.23. The third-order valence-corrected chi connectivity index (χ3v) is 0. The molecule has 0 saturated heterocycles. The fraction of sp³-hybridized carbons (Fsp3) is 1.00. The molecule has 0 aromatic heterocycles. The predicted octanol–water partition coefficient (Wildman–Crippen LogP) is 0.990. The van der Waals surface area contributed by atoms with E-state index in [9.17, 15) is 0 Å². The summed E-state index contributed by atoms with van der Waals surface area (Å²) in [6, 6.07) is 0. The number of hydrogen-bond donors (Lipinski definition) is 0. The highest BCUT2D eigenvalue weighted by Gasteiger charge is 1.97. The van der Waals surface area contributed by atoms with Gasteiger partial charge in [-0.2, -0.15) is 0 Å². The summed E-state index contributed by atoms with van der Waals surface area (Å²) >= 11 is 2.85. The molecular weight excluding hydrogens is 91.1 g/mol. The summed E-state index contributed by atoms with van der Waals surface area (Å²) in [6.45, 7) is 6.17. The van der Waals surface area contributed by atoms with Crippen LogP contribution in [0.5, 0.6) is 0 Å². The molecular formula is C3H9AlSi. The predicted molar refractivity (Wildman–Crippen MR) is 29.1 cm³/mol. The van der Waals surface area contributed by atoms with Gasteiger partial charge in [0.1, 0.15) is 15.6 Å². The maximum Gasteiger partial charge on any atom is 0.109 e. The van der Waals surface area contributed by atoms with Crippen molar-refractivity contribution in [2.75, 3.05) is 0 Å². The first-order valence-corrected chi connectivity index (χ1v) is 7.10. The number of rotatable bonds is 0. The molecule has 0 saturated carbocycles. The van der Waals surface area contributed by atoms with Gasteiger partial charge >= 0.3 is 0 Å². The fourth-order valence-corrected chi connectivity index (χ4v) is 0. The topological polar surface area (TPSA) is 0 Å². The first-order valence-electron chi connectivity index (χ1n) is 1.79. The van der Waals surface area contributed by atoms with Crippen LogP contribution in [0.1, 0.15) is 0 Å². The fourth-order valence-electron chi connectivity index (χ4n) is 0. The second-order valence-corrected chi connectivity index (χ2v) is 12.3. The van der Waals surface area contributed by atoms with Crippen LogP contribution < -0.4 is 0 Å². The van der Waals surface area contributed by atoms with Gasteiger partial charge in [-0.15, -0.1) is 0 Å². The van der Waals surface area contributed by atoms with Crippen molar-refractivity contribution in [1.29, 1.82) is 0 Å². The van der Waals surface area contributed by atoms with Crippen LogP contribution in [0.15, 0.2) is 0 Å². The summed E-state index contributed by atoms with van der Waals surface area (Å²) in [5.74, 6) is 0. The third-order valence-electron chi connectivity index (χ3n) is 0. The Kier molecular flexibility index (Phi) is 1.69. The van der Waals surface area contributed by atoms with Crippen molar-refractivity contribution in [3.8, 4) is 0 Å². The second-order valence-electron chi connectivity index (χ2n) is 2.37. The molecule has 0 nitrogen and oxygen atoms in total. The zero-order valence-electron chi connectivity index (χ0n) is 4.08. The minimum absolute atomic E-state index is 0.694. The van der Waals surface area contributed by atoms with Gasteiger partial charge in [0.2, 0.25) is 0 Å². The molecule has 0 bridgehead atoms. The van der Waals surface area contributed by atoms with Crippen LogP contribution in [0.2, 0.25) is 19.6 Å². The number of hydrogen-bond acceptors (Lipinski definition) is 0. The first-order chi connectivity index (χ1) is 2.00. The van der Waals surface area contributed by atoms with Crippen LogP contribution >= 0.6 is 0 Å². The summed E-state index contributed by atoms with van der Waals surface area (Å²) < 4.78 is 0. The van der Waals surface area contributed by atoms with Crippen molar-refractivity contribution < 1.29 is 0 Å². The van der Waals surface area contributed by atoms with Gasteiger partial charge in [0.25, 0.3) is 0 Å². The van der Waals surface area contributed by atoms with Crippen LogP contribution in [0, 0.1) is 0 Å². The molecule has 0 heterocycles. The Morgan fingerprint density at radius 2 is 1.20 bits per heavy atom. The van der Waals surface area contributed by atoms with Crippen molar-refractivity contribution in [3.05, 3.63) is 0 Å².